The number of ketones is 1. The third-order valence-electron chi connectivity index (χ3n) is 3.58. The summed E-state index contributed by atoms with van der Waals surface area (Å²) >= 11 is 5.86. The van der Waals surface area contributed by atoms with Gasteiger partial charge in [0.15, 0.2) is 15.6 Å². The molecule has 0 N–H and O–H groups in total. The summed E-state index contributed by atoms with van der Waals surface area (Å²) in [6.45, 7) is 0. The molecule has 1 saturated heterocycles. The van der Waals surface area contributed by atoms with Gasteiger partial charge in [-0.3, -0.25) is 4.79 Å². The molecule has 4 nitrogen and oxygen atoms in total. The molecule has 2 unspecified atom stereocenters. The van der Waals surface area contributed by atoms with E-state index in [2.05, 4.69) is 0 Å². The minimum Gasteiger partial charge on any atom is -0.296 e. The van der Waals surface area contributed by atoms with E-state index in [0.29, 0.717) is 12.8 Å². The van der Waals surface area contributed by atoms with Crippen LogP contribution in [-0.2, 0) is 14.6 Å². The Balaban J connectivity index is 2.37. The maximum Gasteiger partial charge on any atom is 0.172 e. The molecule has 1 aliphatic rings. The Morgan fingerprint density at radius 2 is 2.14 bits per heavy atom. The van der Waals surface area contributed by atoms with Crippen molar-refractivity contribution in [2.45, 2.75) is 30.4 Å². The van der Waals surface area contributed by atoms with E-state index in [-0.39, 0.29) is 22.8 Å². The highest BCUT2D eigenvalue weighted by Gasteiger charge is 2.39. The summed E-state index contributed by atoms with van der Waals surface area (Å²) in [5, 5.41) is 8.00. The summed E-state index contributed by atoms with van der Waals surface area (Å²) in [6.07, 6.45) is 1.38. The fourth-order valence-corrected chi connectivity index (χ4v) is 4.67. The van der Waals surface area contributed by atoms with Crippen molar-refractivity contribution in [2.24, 2.45) is 0 Å². The lowest BCUT2D eigenvalue weighted by molar-refractivity contribution is -0.119. The van der Waals surface area contributed by atoms with Crippen LogP contribution in [0.2, 0.25) is 5.02 Å². The predicted octanol–water partition coefficient (Wildman–Crippen LogP) is 2.62. The van der Waals surface area contributed by atoms with Gasteiger partial charge >= 0.3 is 0 Å². The van der Waals surface area contributed by atoms with Crippen molar-refractivity contribution in [2.75, 3.05) is 5.75 Å². The SMILES string of the molecule is N#CC(C(=O)C1CCCCS1(=O)=O)c1ccc(F)cc1Cl. The largest absolute Gasteiger partial charge is 0.296 e. The number of halogens is 2. The Hall–Kier alpha value is -1.45. The van der Waals surface area contributed by atoms with E-state index >= 15 is 0 Å². The molecular formula is C14H13ClFNO3S. The summed E-state index contributed by atoms with van der Waals surface area (Å²) in [6, 6.07) is 5.14. The number of carbonyl (C=O) groups excluding carboxylic acids is 1. The topological polar surface area (TPSA) is 75.0 Å². The second-order valence-corrected chi connectivity index (χ2v) is 7.69. The smallest absolute Gasteiger partial charge is 0.172 e. The molecule has 2 rings (SSSR count). The number of nitrogens with zero attached hydrogens (tertiary/aromatic N) is 1. The van der Waals surface area contributed by atoms with Crippen molar-refractivity contribution >= 4 is 27.2 Å². The normalized spacial score (nSPS) is 22.2. The molecule has 0 amide bonds. The Morgan fingerprint density at radius 1 is 1.43 bits per heavy atom. The van der Waals surface area contributed by atoms with Crippen LogP contribution in [0.15, 0.2) is 18.2 Å². The fraction of sp³-hybridized carbons (Fsp3) is 0.429. The number of carbonyl (C=O) groups is 1. The minimum absolute atomic E-state index is 0.0430. The molecule has 2 atom stereocenters. The number of rotatable bonds is 3. The zero-order chi connectivity index (χ0) is 15.6. The zero-order valence-electron chi connectivity index (χ0n) is 11.1. The predicted molar refractivity (Wildman–Crippen MR) is 76.2 cm³/mol. The van der Waals surface area contributed by atoms with Gasteiger partial charge in [0.2, 0.25) is 0 Å². The molecule has 1 heterocycles. The third kappa shape index (κ3) is 3.25. The van der Waals surface area contributed by atoms with E-state index in [0.717, 1.165) is 12.1 Å². The number of Topliss-reactive ketones (excluding diaryl/α,β-unsaturated/α-hetero) is 1. The average Bonchev–Trinajstić information content (AvgIpc) is 2.41. The monoisotopic (exact) mass is 329 g/mol. The second-order valence-electron chi connectivity index (χ2n) is 4.98. The Kier molecular flexibility index (Phi) is 4.64. The van der Waals surface area contributed by atoms with Gasteiger partial charge in [0.1, 0.15) is 17.0 Å². The van der Waals surface area contributed by atoms with Crippen LogP contribution >= 0.6 is 11.6 Å². The van der Waals surface area contributed by atoms with E-state index in [1.54, 1.807) is 6.07 Å². The molecule has 21 heavy (non-hydrogen) atoms. The molecule has 0 aliphatic carbocycles. The summed E-state index contributed by atoms with van der Waals surface area (Å²) in [7, 11) is -3.52. The van der Waals surface area contributed by atoms with E-state index in [1.165, 1.54) is 6.07 Å². The van der Waals surface area contributed by atoms with Crippen molar-refractivity contribution in [1.29, 1.82) is 5.26 Å². The van der Waals surface area contributed by atoms with Gasteiger partial charge in [-0.15, -0.1) is 0 Å². The summed E-state index contributed by atoms with van der Waals surface area (Å²) in [4.78, 5) is 12.4. The maximum absolute atomic E-state index is 13.0. The van der Waals surface area contributed by atoms with Crippen molar-refractivity contribution in [3.8, 4) is 6.07 Å². The lowest BCUT2D eigenvalue weighted by atomic mass is 9.92. The molecule has 1 aromatic carbocycles. The van der Waals surface area contributed by atoms with E-state index in [9.17, 15) is 22.9 Å². The molecule has 0 radical (unpaired) electrons. The summed E-state index contributed by atoms with van der Waals surface area (Å²) in [5.74, 6) is -2.60. The van der Waals surface area contributed by atoms with Crippen LogP contribution in [0.1, 0.15) is 30.7 Å². The fourth-order valence-electron chi connectivity index (χ4n) is 2.48. The van der Waals surface area contributed by atoms with E-state index in [1.807, 2.05) is 0 Å². The molecule has 1 aliphatic heterocycles. The van der Waals surface area contributed by atoms with Crippen LogP contribution in [0.25, 0.3) is 0 Å². The molecule has 0 saturated carbocycles. The number of hydrogen-bond donors (Lipinski definition) is 0. The lowest BCUT2D eigenvalue weighted by Crippen LogP contribution is -2.38. The molecule has 0 aromatic heterocycles. The van der Waals surface area contributed by atoms with Gasteiger partial charge in [-0.05, 0) is 30.5 Å². The highest BCUT2D eigenvalue weighted by molar-refractivity contribution is 7.92. The van der Waals surface area contributed by atoms with Gasteiger partial charge in [0, 0.05) is 5.02 Å². The average molecular weight is 330 g/mol. The lowest BCUT2D eigenvalue weighted by Gasteiger charge is -2.23. The summed E-state index contributed by atoms with van der Waals surface area (Å²) < 4.78 is 37.0. The van der Waals surface area contributed by atoms with Crippen LogP contribution in [0.5, 0.6) is 0 Å². The highest BCUT2D eigenvalue weighted by atomic mass is 35.5. The first kappa shape index (κ1) is 15.9. The Bertz CT molecular complexity index is 711. The van der Waals surface area contributed by atoms with Gasteiger partial charge in [-0.2, -0.15) is 5.26 Å². The van der Waals surface area contributed by atoms with Gasteiger partial charge < -0.3 is 0 Å². The number of benzene rings is 1. The Labute approximate surface area is 127 Å². The maximum atomic E-state index is 13.0. The van der Waals surface area contributed by atoms with Crippen molar-refractivity contribution in [3.63, 3.8) is 0 Å². The molecule has 1 fully saturated rings. The van der Waals surface area contributed by atoms with Gasteiger partial charge in [-0.1, -0.05) is 24.1 Å². The minimum atomic E-state index is -3.52. The van der Waals surface area contributed by atoms with Crippen molar-refractivity contribution in [1.82, 2.24) is 0 Å². The zero-order valence-corrected chi connectivity index (χ0v) is 12.6. The summed E-state index contributed by atoms with van der Waals surface area (Å²) in [5.41, 5.74) is 0.145. The first-order chi connectivity index (χ1) is 9.86. The molecule has 0 bridgehead atoms. The first-order valence-corrected chi connectivity index (χ1v) is 8.56. The second kappa shape index (κ2) is 6.12. The number of hydrogen-bond acceptors (Lipinski definition) is 4. The number of sulfone groups is 1. The third-order valence-corrected chi connectivity index (χ3v) is 6.10. The van der Waals surface area contributed by atoms with E-state index < -0.39 is 32.6 Å². The molecular weight excluding hydrogens is 317 g/mol. The number of nitriles is 1. The highest BCUT2D eigenvalue weighted by Crippen LogP contribution is 2.31. The van der Waals surface area contributed by atoms with Crippen LogP contribution in [0.4, 0.5) is 4.39 Å². The van der Waals surface area contributed by atoms with Crippen LogP contribution in [0.3, 0.4) is 0 Å². The Morgan fingerprint density at radius 3 is 2.71 bits per heavy atom. The van der Waals surface area contributed by atoms with Crippen LogP contribution in [-0.4, -0.2) is 25.2 Å². The van der Waals surface area contributed by atoms with Gasteiger partial charge in [0.05, 0.1) is 11.8 Å². The van der Waals surface area contributed by atoms with Gasteiger partial charge in [-0.25, -0.2) is 12.8 Å². The van der Waals surface area contributed by atoms with Crippen LogP contribution in [0, 0.1) is 17.1 Å². The van der Waals surface area contributed by atoms with Crippen molar-refractivity contribution in [3.05, 3.63) is 34.6 Å². The van der Waals surface area contributed by atoms with E-state index in [4.69, 9.17) is 11.6 Å². The first-order valence-electron chi connectivity index (χ1n) is 6.46. The van der Waals surface area contributed by atoms with Gasteiger partial charge in [0.25, 0.3) is 0 Å². The molecule has 0 spiro atoms. The molecule has 112 valence electrons. The molecule has 7 heteroatoms. The molecule has 1 aromatic rings. The van der Waals surface area contributed by atoms with Crippen LogP contribution < -0.4 is 0 Å². The van der Waals surface area contributed by atoms with Crippen molar-refractivity contribution < 1.29 is 17.6 Å². The standard InChI is InChI=1S/C14H13ClFNO3S/c15-12-7-9(16)4-5-10(12)11(8-17)14(18)13-3-1-2-6-21(13,19)20/h4-5,7,11,13H,1-3,6H2. The quantitative estimate of drug-likeness (QED) is 0.854.